The Balaban J connectivity index is 2.47. The van der Waals surface area contributed by atoms with Crippen molar-refractivity contribution in [2.45, 2.75) is 6.42 Å². The summed E-state index contributed by atoms with van der Waals surface area (Å²) in [7, 11) is 0. The number of benzene rings is 1. The molecule has 0 aromatic heterocycles. The van der Waals surface area contributed by atoms with Gasteiger partial charge in [-0.2, -0.15) is 0 Å². The summed E-state index contributed by atoms with van der Waals surface area (Å²) in [6.07, 6.45) is -0.217. The smallest absolute Gasteiger partial charge is 0.273 e. The lowest BCUT2D eigenvalue weighted by atomic mass is 10.1. The first-order valence-corrected chi connectivity index (χ1v) is 4.54. The number of carbonyl (C=O) groups excluding carboxylic acids is 2. The molecule has 0 atom stereocenters. The lowest BCUT2D eigenvalue weighted by molar-refractivity contribution is -0.384. The highest BCUT2D eigenvalue weighted by Crippen LogP contribution is 2.27. The largest absolute Gasteiger partial charge is 0.485 e. The molecule has 16 heavy (non-hydrogen) atoms. The number of rotatable bonds is 1. The Morgan fingerprint density at radius 2 is 2.06 bits per heavy atom. The van der Waals surface area contributed by atoms with E-state index in [1.807, 2.05) is 0 Å². The van der Waals surface area contributed by atoms with Crippen LogP contribution in [0.1, 0.15) is 16.8 Å². The molecule has 82 valence electrons. The van der Waals surface area contributed by atoms with E-state index in [-0.39, 0.29) is 41.6 Å². The van der Waals surface area contributed by atoms with Crippen LogP contribution in [0.2, 0.25) is 0 Å². The molecule has 1 aliphatic rings. The summed E-state index contributed by atoms with van der Waals surface area (Å²) < 4.78 is 5.05. The van der Waals surface area contributed by atoms with Crippen LogP contribution < -0.4 is 4.74 Å². The molecule has 1 aromatic carbocycles. The van der Waals surface area contributed by atoms with Crippen LogP contribution in [0, 0.1) is 10.1 Å². The van der Waals surface area contributed by atoms with Gasteiger partial charge in [0.1, 0.15) is 12.4 Å². The SMILES string of the molecule is O=C1COc2cc([N+](=O)[O-])ccc2C(=O)C1. The molecule has 0 fully saturated rings. The van der Waals surface area contributed by atoms with Crippen LogP contribution >= 0.6 is 0 Å². The molecule has 6 heteroatoms. The Morgan fingerprint density at radius 3 is 2.75 bits per heavy atom. The first-order valence-electron chi connectivity index (χ1n) is 4.54. The van der Waals surface area contributed by atoms with E-state index >= 15 is 0 Å². The van der Waals surface area contributed by atoms with Crippen LogP contribution in [-0.4, -0.2) is 23.1 Å². The molecule has 2 rings (SSSR count). The van der Waals surface area contributed by atoms with Crippen molar-refractivity contribution in [3.05, 3.63) is 33.9 Å². The van der Waals surface area contributed by atoms with E-state index in [1.54, 1.807) is 0 Å². The number of carbonyl (C=O) groups is 2. The highest BCUT2D eigenvalue weighted by Gasteiger charge is 2.23. The molecule has 1 aliphatic heterocycles. The van der Waals surface area contributed by atoms with Gasteiger partial charge in [-0.3, -0.25) is 19.7 Å². The van der Waals surface area contributed by atoms with Crippen LogP contribution in [0.25, 0.3) is 0 Å². The van der Waals surface area contributed by atoms with Crippen LogP contribution in [0.4, 0.5) is 5.69 Å². The fourth-order valence-corrected chi connectivity index (χ4v) is 1.46. The Hall–Kier alpha value is -2.24. The van der Waals surface area contributed by atoms with Crippen molar-refractivity contribution < 1.29 is 19.2 Å². The highest BCUT2D eigenvalue weighted by atomic mass is 16.6. The Kier molecular flexibility index (Phi) is 2.40. The quantitative estimate of drug-likeness (QED) is 0.403. The van der Waals surface area contributed by atoms with Crippen molar-refractivity contribution in [1.29, 1.82) is 0 Å². The van der Waals surface area contributed by atoms with Gasteiger partial charge in [-0.25, -0.2) is 0 Å². The molecule has 0 saturated carbocycles. The van der Waals surface area contributed by atoms with Crippen LogP contribution in [0.3, 0.4) is 0 Å². The number of hydrogen-bond donors (Lipinski definition) is 0. The molecule has 1 heterocycles. The second kappa shape index (κ2) is 3.73. The molecule has 0 aliphatic carbocycles. The number of nitro benzene ring substituents is 1. The van der Waals surface area contributed by atoms with E-state index < -0.39 is 4.92 Å². The second-order valence-electron chi connectivity index (χ2n) is 3.36. The van der Waals surface area contributed by atoms with Gasteiger partial charge in [-0.05, 0) is 6.07 Å². The van der Waals surface area contributed by atoms with E-state index in [0.29, 0.717) is 0 Å². The van der Waals surface area contributed by atoms with Gasteiger partial charge in [-0.15, -0.1) is 0 Å². The summed E-state index contributed by atoms with van der Waals surface area (Å²) in [5, 5.41) is 10.5. The van der Waals surface area contributed by atoms with Crippen LogP contribution in [-0.2, 0) is 4.79 Å². The molecule has 6 nitrogen and oxygen atoms in total. The van der Waals surface area contributed by atoms with Gasteiger partial charge in [0.05, 0.1) is 23.0 Å². The predicted molar refractivity (Wildman–Crippen MR) is 52.5 cm³/mol. The maximum Gasteiger partial charge on any atom is 0.273 e. The van der Waals surface area contributed by atoms with Gasteiger partial charge in [-0.1, -0.05) is 0 Å². The molecule has 0 radical (unpaired) electrons. The molecule has 0 N–H and O–H groups in total. The molecule has 0 amide bonds. The number of hydrogen-bond acceptors (Lipinski definition) is 5. The van der Waals surface area contributed by atoms with Gasteiger partial charge in [0, 0.05) is 6.07 Å². The number of ether oxygens (including phenoxy) is 1. The van der Waals surface area contributed by atoms with Crippen molar-refractivity contribution in [2.24, 2.45) is 0 Å². The zero-order chi connectivity index (χ0) is 11.7. The second-order valence-corrected chi connectivity index (χ2v) is 3.36. The number of Topliss-reactive ketones (excluding diaryl/α,β-unsaturated/α-hetero) is 2. The van der Waals surface area contributed by atoms with E-state index in [2.05, 4.69) is 0 Å². The zero-order valence-corrected chi connectivity index (χ0v) is 8.13. The molecule has 1 aromatic rings. The minimum atomic E-state index is -0.583. The van der Waals surface area contributed by atoms with Crippen molar-refractivity contribution in [2.75, 3.05) is 6.61 Å². The zero-order valence-electron chi connectivity index (χ0n) is 8.13. The van der Waals surface area contributed by atoms with Gasteiger partial charge in [0.2, 0.25) is 0 Å². The third-order valence-corrected chi connectivity index (χ3v) is 2.22. The van der Waals surface area contributed by atoms with Gasteiger partial charge in [0.25, 0.3) is 5.69 Å². The average Bonchev–Trinajstić information content (AvgIpc) is 2.38. The topological polar surface area (TPSA) is 86.5 Å². The maximum atomic E-state index is 11.5. The number of ketones is 2. The van der Waals surface area contributed by atoms with Gasteiger partial charge in [0.15, 0.2) is 11.6 Å². The van der Waals surface area contributed by atoms with Gasteiger partial charge < -0.3 is 4.74 Å². The summed E-state index contributed by atoms with van der Waals surface area (Å²) in [4.78, 5) is 32.6. The molecule has 0 spiro atoms. The Labute approximate surface area is 90.0 Å². The van der Waals surface area contributed by atoms with Crippen molar-refractivity contribution in [3.63, 3.8) is 0 Å². The summed E-state index contributed by atoms with van der Waals surface area (Å²) in [5.41, 5.74) is 0.0531. The minimum absolute atomic E-state index is 0.102. The fraction of sp³-hybridized carbons (Fsp3) is 0.200. The number of nitro groups is 1. The van der Waals surface area contributed by atoms with Crippen LogP contribution in [0.5, 0.6) is 5.75 Å². The summed E-state index contributed by atoms with van der Waals surface area (Å²) >= 11 is 0. The lowest BCUT2D eigenvalue weighted by Crippen LogP contribution is -2.10. The molecular formula is C10H7NO5. The summed E-state index contributed by atoms with van der Waals surface area (Å²) in [6, 6.07) is 3.69. The highest BCUT2D eigenvalue weighted by molar-refractivity contribution is 6.10. The van der Waals surface area contributed by atoms with E-state index in [1.165, 1.54) is 12.1 Å². The van der Waals surface area contributed by atoms with E-state index in [0.717, 1.165) is 6.07 Å². The predicted octanol–water partition coefficient (Wildman–Crippen LogP) is 1.13. The first kappa shape index (κ1) is 10.3. The van der Waals surface area contributed by atoms with Crippen molar-refractivity contribution >= 4 is 17.3 Å². The monoisotopic (exact) mass is 221 g/mol. The van der Waals surface area contributed by atoms with Crippen LogP contribution in [0.15, 0.2) is 18.2 Å². The molecule has 0 bridgehead atoms. The minimum Gasteiger partial charge on any atom is -0.485 e. The maximum absolute atomic E-state index is 11.5. The fourth-order valence-electron chi connectivity index (χ4n) is 1.46. The number of non-ortho nitro benzene ring substituents is 1. The van der Waals surface area contributed by atoms with Gasteiger partial charge >= 0.3 is 0 Å². The average molecular weight is 221 g/mol. The lowest BCUT2D eigenvalue weighted by Gasteiger charge is -2.04. The Morgan fingerprint density at radius 1 is 1.31 bits per heavy atom. The summed E-state index contributed by atoms with van der Waals surface area (Å²) in [6.45, 7) is -0.222. The number of fused-ring (bicyclic) bond motifs is 1. The van der Waals surface area contributed by atoms with Crippen molar-refractivity contribution in [1.82, 2.24) is 0 Å². The third-order valence-electron chi connectivity index (χ3n) is 2.22. The summed E-state index contributed by atoms with van der Waals surface area (Å²) in [5.74, 6) is -0.596. The Bertz CT molecular complexity index is 494. The molecular weight excluding hydrogens is 214 g/mol. The standard InChI is InChI=1S/C10H7NO5/c12-7-4-9(13)8-2-1-6(11(14)15)3-10(8)16-5-7/h1-3H,4-5H2. The first-order chi connectivity index (χ1) is 7.58. The van der Waals surface area contributed by atoms with Crippen molar-refractivity contribution in [3.8, 4) is 5.75 Å². The molecule has 0 unspecified atom stereocenters. The number of nitrogens with zero attached hydrogens (tertiary/aromatic N) is 1. The van der Waals surface area contributed by atoms with E-state index in [9.17, 15) is 19.7 Å². The van der Waals surface area contributed by atoms with E-state index in [4.69, 9.17) is 4.74 Å². The normalized spacial score (nSPS) is 15.0. The molecule has 0 saturated heterocycles. The third kappa shape index (κ3) is 1.77.